The van der Waals surface area contributed by atoms with Crippen LogP contribution in [0, 0.1) is 10.1 Å². The molecule has 6 nitrogen and oxygen atoms in total. The molecule has 0 aliphatic heterocycles. The number of halogens is 4. The number of carbonyl (C=O) groups is 1. The number of alkyl halides is 3. The molecule has 0 aromatic heterocycles. The Labute approximate surface area is 118 Å². The summed E-state index contributed by atoms with van der Waals surface area (Å²) in [5.41, 5.74) is -0.580. The van der Waals surface area contributed by atoms with Gasteiger partial charge in [0.1, 0.15) is 0 Å². The molecule has 10 heteroatoms. The molecule has 0 aliphatic rings. The molecule has 2 N–H and O–H groups in total. The van der Waals surface area contributed by atoms with Crippen molar-refractivity contribution in [3.05, 3.63) is 38.3 Å². The summed E-state index contributed by atoms with van der Waals surface area (Å²) >= 11 is 2.96. The first-order valence-corrected chi connectivity index (χ1v) is 5.89. The number of nitrogens with one attached hydrogen (secondary N) is 1. The lowest BCUT2D eigenvalue weighted by atomic mass is 10.2. The Balaban J connectivity index is 2.83. The zero-order valence-corrected chi connectivity index (χ0v) is 11.2. The number of benzene rings is 1. The smallest absolute Gasteiger partial charge is 0.382 e. The molecule has 0 fully saturated rings. The zero-order chi connectivity index (χ0) is 15.5. The summed E-state index contributed by atoms with van der Waals surface area (Å²) in [6, 6.07) is 3.28. The van der Waals surface area contributed by atoms with Crippen LogP contribution in [0.15, 0.2) is 22.7 Å². The molecule has 0 radical (unpaired) electrons. The summed E-state index contributed by atoms with van der Waals surface area (Å²) in [4.78, 5) is 21.4. The molecule has 20 heavy (non-hydrogen) atoms. The number of carbonyl (C=O) groups excluding carboxylic acids is 1. The van der Waals surface area contributed by atoms with Gasteiger partial charge in [-0.2, -0.15) is 13.2 Å². The van der Waals surface area contributed by atoms with Gasteiger partial charge < -0.3 is 10.4 Å². The average molecular weight is 357 g/mol. The molecule has 1 aromatic rings. The van der Waals surface area contributed by atoms with Crippen LogP contribution in [-0.2, 0) is 0 Å². The molecule has 1 unspecified atom stereocenters. The molecular formula is C10H8BrF3N2O4. The predicted octanol–water partition coefficient (Wildman–Crippen LogP) is 2.01. The fraction of sp³-hybridized carbons (Fsp3) is 0.300. The normalized spacial score (nSPS) is 12.8. The summed E-state index contributed by atoms with van der Waals surface area (Å²) in [6.07, 6.45) is -7.56. The molecule has 1 rings (SSSR count). The van der Waals surface area contributed by atoms with Gasteiger partial charge in [-0.1, -0.05) is 0 Å². The first kappa shape index (κ1) is 16.4. The number of hydrogen-bond donors (Lipinski definition) is 2. The van der Waals surface area contributed by atoms with E-state index in [1.165, 1.54) is 6.07 Å². The van der Waals surface area contributed by atoms with Crippen LogP contribution in [0.5, 0.6) is 0 Å². The van der Waals surface area contributed by atoms with Gasteiger partial charge in [0.15, 0.2) is 6.10 Å². The molecule has 0 saturated carbocycles. The number of nitro benzene ring substituents is 1. The Kier molecular flexibility index (Phi) is 5.06. The van der Waals surface area contributed by atoms with Crippen molar-refractivity contribution in [1.82, 2.24) is 5.32 Å². The number of nitrogens with zero attached hydrogens (tertiary/aromatic N) is 1. The summed E-state index contributed by atoms with van der Waals surface area (Å²) in [5.74, 6) is -0.969. The maximum absolute atomic E-state index is 12.1. The summed E-state index contributed by atoms with van der Waals surface area (Å²) in [7, 11) is 0. The second-order valence-electron chi connectivity index (χ2n) is 3.69. The Morgan fingerprint density at radius 3 is 2.60 bits per heavy atom. The maximum Gasteiger partial charge on any atom is 0.416 e. The van der Waals surface area contributed by atoms with Crippen LogP contribution >= 0.6 is 15.9 Å². The molecule has 0 aliphatic carbocycles. The van der Waals surface area contributed by atoms with Crippen LogP contribution in [-0.4, -0.2) is 34.8 Å². The van der Waals surface area contributed by atoms with Gasteiger partial charge in [0.25, 0.3) is 11.6 Å². The topological polar surface area (TPSA) is 92.5 Å². The lowest BCUT2D eigenvalue weighted by molar-refractivity contribution is -0.384. The van der Waals surface area contributed by atoms with Gasteiger partial charge in [-0.15, -0.1) is 0 Å². The van der Waals surface area contributed by atoms with Crippen molar-refractivity contribution in [2.75, 3.05) is 6.54 Å². The van der Waals surface area contributed by atoms with Crippen LogP contribution in [0.25, 0.3) is 0 Å². The summed E-state index contributed by atoms with van der Waals surface area (Å²) < 4.78 is 36.3. The molecule has 0 spiro atoms. The molecule has 0 saturated heterocycles. The Bertz CT molecular complexity index is 536. The van der Waals surface area contributed by atoms with E-state index in [4.69, 9.17) is 5.11 Å². The minimum Gasteiger partial charge on any atom is -0.382 e. The van der Waals surface area contributed by atoms with E-state index in [1.54, 1.807) is 0 Å². The van der Waals surface area contributed by atoms with Gasteiger partial charge in [-0.05, 0) is 22.0 Å². The van der Waals surface area contributed by atoms with Gasteiger partial charge in [-0.25, -0.2) is 0 Å². The van der Waals surface area contributed by atoms with Crippen molar-refractivity contribution in [1.29, 1.82) is 0 Å². The number of hydrogen-bond acceptors (Lipinski definition) is 4. The van der Waals surface area contributed by atoms with Crippen molar-refractivity contribution < 1.29 is 28.0 Å². The third kappa shape index (κ3) is 4.17. The summed E-state index contributed by atoms with van der Waals surface area (Å²) in [5, 5.41) is 21.1. The van der Waals surface area contributed by atoms with E-state index in [9.17, 15) is 28.1 Å². The van der Waals surface area contributed by atoms with E-state index in [0.717, 1.165) is 12.1 Å². The van der Waals surface area contributed by atoms with Gasteiger partial charge in [0.05, 0.1) is 17.0 Å². The number of amides is 1. The molecule has 1 atom stereocenters. The molecule has 1 aromatic carbocycles. The number of rotatable bonds is 4. The lowest BCUT2D eigenvalue weighted by Gasteiger charge is -2.15. The second kappa shape index (κ2) is 6.18. The average Bonchev–Trinajstić information content (AvgIpc) is 2.34. The number of non-ortho nitro benzene ring substituents is 1. The van der Waals surface area contributed by atoms with E-state index >= 15 is 0 Å². The molecule has 0 bridgehead atoms. The monoisotopic (exact) mass is 356 g/mol. The minimum atomic E-state index is -4.85. The van der Waals surface area contributed by atoms with Gasteiger partial charge in [-0.3, -0.25) is 14.9 Å². The van der Waals surface area contributed by atoms with Crippen LogP contribution in [0.3, 0.4) is 0 Å². The lowest BCUT2D eigenvalue weighted by Crippen LogP contribution is -2.40. The van der Waals surface area contributed by atoms with Crippen molar-refractivity contribution in [3.8, 4) is 0 Å². The van der Waals surface area contributed by atoms with Crippen LogP contribution < -0.4 is 5.32 Å². The largest absolute Gasteiger partial charge is 0.416 e. The highest BCUT2D eigenvalue weighted by molar-refractivity contribution is 9.10. The highest BCUT2D eigenvalue weighted by Gasteiger charge is 2.38. The van der Waals surface area contributed by atoms with Gasteiger partial charge >= 0.3 is 6.18 Å². The van der Waals surface area contributed by atoms with Crippen LogP contribution in [0.2, 0.25) is 0 Å². The SMILES string of the molecule is O=C(NCC(O)C(F)(F)F)c1cc([N+](=O)[O-])ccc1Br. The van der Waals surface area contributed by atoms with E-state index in [0.29, 0.717) is 0 Å². The number of aliphatic hydroxyl groups excluding tert-OH is 1. The quantitative estimate of drug-likeness (QED) is 0.637. The molecule has 1 amide bonds. The molecule has 0 heterocycles. The highest BCUT2D eigenvalue weighted by Crippen LogP contribution is 2.23. The maximum atomic E-state index is 12.1. The standard InChI is InChI=1S/C10H8BrF3N2O4/c11-7-2-1-5(16(19)20)3-6(7)9(18)15-4-8(17)10(12,13)14/h1-3,8,17H,4H2,(H,15,18). The van der Waals surface area contributed by atoms with E-state index in [1.807, 2.05) is 5.32 Å². The zero-order valence-electron chi connectivity index (χ0n) is 9.65. The van der Waals surface area contributed by atoms with Gasteiger partial charge in [0, 0.05) is 16.6 Å². The van der Waals surface area contributed by atoms with Crippen molar-refractivity contribution >= 4 is 27.5 Å². The second-order valence-corrected chi connectivity index (χ2v) is 4.54. The number of aliphatic hydroxyl groups is 1. The summed E-state index contributed by atoms with van der Waals surface area (Å²) in [6.45, 7) is -1.04. The fourth-order valence-corrected chi connectivity index (χ4v) is 1.63. The first-order valence-electron chi connectivity index (χ1n) is 5.10. The predicted molar refractivity (Wildman–Crippen MR) is 65.2 cm³/mol. The first-order chi connectivity index (χ1) is 9.12. The Morgan fingerprint density at radius 1 is 1.50 bits per heavy atom. The Hall–Kier alpha value is -1.68. The Morgan fingerprint density at radius 2 is 2.10 bits per heavy atom. The van der Waals surface area contributed by atoms with E-state index < -0.39 is 29.7 Å². The van der Waals surface area contributed by atoms with Crippen molar-refractivity contribution in [3.63, 3.8) is 0 Å². The van der Waals surface area contributed by atoms with Crippen molar-refractivity contribution in [2.45, 2.75) is 12.3 Å². The number of nitro groups is 1. The van der Waals surface area contributed by atoms with Crippen molar-refractivity contribution in [2.24, 2.45) is 0 Å². The van der Waals surface area contributed by atoms with Crippen LogP contribution in [0.1, 0.15) is 10.4 Å². The highest BCUT2D eigenvalue weighted by atomic mass is 79.9. The van der Waals surface area contributed by atoms with Gasteiger partial charge in [0.2, 0.25) is 0 Å². The fourth-order valence-electron chi connectivity index (χ4n) is 1.20. The minimum absolute atomic E-state index is 0.182. The molecule has 110 valence electrons. The third-order valence-electron chi connectivity index (χ3n) is 2.24. The van der Waals surface area contributed by atoms with Crippen LogP contribution in [0.4, 0.5) is 18.9 Å². The van der Waals surface area contributed by atoms with E-state index in [-0.39, 0.29) is 15.7 Å². The third-order valence-corrected chi connectivity index (χ3v) is 2.93. The molecular weight excluding hydrogens is 349 g/mol. The van der Waals surface area contributed by atoms with E-state index in [2.05, 4.69) is 15.9 Å².